The Balaban J connectivity index is 2.03. The Labute approximate surface area is 102 Å². The molecule has 4 nitrogen and oxygen atoms in total. The van der Waals surface area contributed by atoms with E-state index in [1.165, 1.54) is 0 Å². The smallest absolute Gasteiger partial charge is 0.146 e. The number of hydrogen-bond acceptors (Lipinski definition) is 4. The van der Waals surface area contributed by atoms with Crippen LogP contribution in [0.15, 0.2) is 18.3 Å². The molecule has 4 heteroatoms. The second kappa shape index (κ2) is 5.65. The fourth-order valence-electron chi connectivity index (χ4n) is 2.35. The third-order valence-electron chi connectivity index (χ3n) is 3.36. The third-order valence-corrected chi connectivity index (χ3v) is 3.36. The molecule has 0 radical (unpaired) electrons. The van der Waals surface area contributed by atoms with Crippen LogP contribution in [0, 0.1) is 17.2 Å². The lowest BCUT2D eigenvalue weighted by molar-refractivity contribution is 0.240. The van der Waals surface area contributed by atoms with E-state index in [1.54, 1.807) is 12.3 Å². The number of nitrogens with zero attached hydrogens (tertiary/aromatic N) is 3. The number of piperidine rings is 1. The molecule has 0 atom stereocenters. The minimum atomic E-state index is 0.275. The van der Waals surface area contributed by atoms with E-state index >= 15 is 0 Å². The van der Waals surface area contributed by atoms with E-state index in [2.05, 4.69) is 16.0 Å². The summed E-state index contributed by atoms with van der Waals surface area (Å²) < 4.78 is 0. The molecule has 1 aromatic rings. The lowest BCUT2D eigenvalue weighted by atomic mass is 9.94. The summed E-state index contributed by atoms with van der Waals surface area (Å²) in [5.74, 6) is 1.42. The quantitative estimate of drug-likeness (QED) is 0.857. The van der Waals surface area contributed by atoms with Gasteiger partial charge in [-0.05, 0) is 37.3 Å². The van der Waals surface area contributed by atoms with Crippen molar-refractivity contribution >= 4 is 5.82 Å². The molecule has 0 bridgehead atoms. The van der Waals surface area contributed by atoms with Crippen molar-refractivity contribution in [3.63, 3.8) is 0 Å². The molecular weight excluding hydrogens is 214 g/mol. The number of pyridine rings is 1. The Hall–Kier alpha value is -1.60. The minimum absolute atomic E-state index is 0.275. The number of hydrogen-bond donors (Lipinski definition) is 1. The molecule has 90 valence electrons. The van der Waals surface area contributed by atoms with Gasteiger partial charge in [-0.2, -0.15) is 5.26 Å². The maximum atomic E-state index is 9.04. The van der Waals surface area contributed by atoms with E-state index < -0.39 is 0 Å². The minimum Gasteiger partial charge on any atom is -0.396 e. The summed E-state index contributed by atoms with van der Waals surface area (Å²) in [6.45, 7) is 2.13. The summed E-state index contributed by atoms with van der Waals surface area (Å²) in [6, 6.07) is 5.78. The Morgan fingerprint density at radius 1 is 1.47 bits per heavy atom. The molecule has 0 unspecified atom stereocenters. The van der Waals surface area contributed by atoms with Crippen LogP contribution in [0.2, 0.25) is 0 Å². The second-order valence-corrected chi connectivity index (χ2v) is 4.43. The summed E-state index contributed by atoms with van der Waals surface area (Å²) in [5.41, 5.74) is 0.646. The Morgan fingerprint density at radius 3 is 2.88 bits per heavy atom. The normalized spacial score (nSPS) is 16.8. The van der Waals surface area contributed by atoms with Crippen LogP contribution in [0.4, 0.5) is 5.82 Å². The van der Waals surface area contributed by atoms with Crippen LogP contribution < -0.4 is 4.90 Å². The van der Waals surface area contributed by atoms with Crippen LogP contribution in [0.5, 0.6) is 0 Å². The Bertz CT molecular complexity index is 405. The number of aliphatic hydroxyl groups excluding tert-OH is 1. The van der Waals surface area contributed by atoms with Gasteiger partial charge in [0.1, 0.15) is 11.9 Å². The van der Waals surface area contributed by atoms with Gasteiger partial charge in [0.05, 0.1) is 5.56 Å². The SMILES string of the molecule is N#Cc1cccnc1N1CCC(CCO)CC1. The molecule has 1 fully saturated rings. The van der Waals surface area contributed by atoms with Crippen molar-refractivity contribution in [1.82, 2.24) is 4.98 Å². The van der Waals surface area contributed by atoms with Gasteiger partial charge < -0.3 is 10.0 Å². The van der Waals surface area contributed by atoms with E-state index in [4.69, 9.17) is 10.4 Å². The first-order chi connectivity index (χ1) is 8.35. The monoisotopic (exact) mass is 231 g/mol. The van der Waals surface area contributed by atoms with Gasteiger partial charge in [-0.3, -0.25) is 0 Å². The first kappa shape index (κ1) is 11.9. The van der Waals surface area contributed by atoms with Gasteiger partial charge in [-0.25, -0.2) is 4.98 Å². The van der Waals surface area contributed by atoms with Gasteiger partial charge in [-0.1, -0.05) is 0 Å². The molecule has 1 N–H and O–H groups in total. The number of aliphatic hydroxyl groups is 1. The van der Waals surface area contributed by atoms with Gasteiger partial charge in [0.15, 0.2) is 0 Å². The van der Waals surface area contributed by atoms with Crippen LogP contribution >= 0.6 is 0 Å². The summed E-state index contributed by atoms with van der Waals surface area (Å²) in [5, 5.41) is 18.0. The highest BCUT2D eigenvalue weighted by Gasteiger charge is 2.21. The van der Waals surface area contributed by atoms with E-state index in [0.717, 1.165) is 38.2 Å². The summed E-state index contributed by atoms with van der Waals surface area (Å²) in [4.78, 5) is 6.47. The Kier molecular flexibility index (Phi) is 3.94. The largest absolute Gasteiger partial charge is 0.396 e. The molecule has 1 aliphatic heterocycles. The highest BCUT2D eigenvalue weighted by atomic mass is 16.3. The van der Waals surface area contributed by atoms with E-state index in [1.807, 2.05) is 6.07 Å². The molecule has 0 amide bonds. The topological polar surface area (TPSA) is 60.2 Å². The molecule has 2 rings (SSSR count). The van der Waals surface area contributed by atoms with Gasteiger partial charge in [-0.15, -0.1) is 0 Å². The standard InChI is InChI=1S/C13H17N3O/c14-10-12-2-1-6-15-13(12)16-7-3-11(4-8-16)5-9-17/h1-2,6,11,17H,3-5,7-9H2. The molecule has 0 saturated carbocycles. The summed E-state index contributed by atoms with van der Waals surface area (Å²) >= 11 is 0. The van der Waals surface area contributed by atoms with Crippen LogP contribution in [0.25, 0.3) is 0 Å². The maximum Gasteiger partial charge on any atom is 0.146 e. The van der Waals surface area contributed by atoms with E-state index in [-0.39, 0.29) is 6.61 Å². The Morgan fingerprint density at radius 2 is 2.24 bits per heavy atom. The second-order valence-electron chi connectivity index (χ2n) is 4.43. The van der Waals surface area contributed by atoms with Crippen LogP contribution in [0.1, 0.15) is 24.8 Å². The summed E-state index contributed by atoms with van der Waals surface area (Å²) in [7, 11) is 0. The predicted molar refractivity (Wildman–Crippen MR) is 65.6 cm³/mol. The van der Waals surface area contributed by atoms with Crippen molar-refractivity contribution in [2.75, 3.05) is 24.6 Å². The molecule has 0 spiro atoms. The molecule has 1 aliphatic rings. The molecule has 1 aromatic heterocycles. The fourth-order valence-corrected chi connectivity index (χ4v) is 2.35. The molecule has 2 heterocycles. The zero-order chi connectivity index (χ0) is 12.1. The molecule has 0 aliphatic carbocycles. The van der Waals surface area contributed by atoms with Crippen LogP contribution in [-0.4, -0.2) is 29.8 Å². The van der Waals surface area contributed by atoms with Crippen molar-refractivity contribution < 1.29 is 5.11 Å². The van der Waals surface area contributed by atoms with Gasteiger partial charge >= 0.3 is 0 Å². The van der Waals surface area contributed by atoms with Crippen molar-refractivity contribution in [3.05, 3.63) is 23.9 Å². The zero-order valence-corrected chi connectivity index (χ0v) is 9.84. The van der Waals surface area contributed by atoms with E-state index in [0.29, 0.717) is 11.5 Å². The predicted octanol–water partition coefficient (Wildman–Crippen LogP) is 1.55. The van der Waals surface area contributed by atoms with Crippen LogP contribution in [-0.2, 0) is 0 Å². The lowest BCUT2D eigenvalue weighted by Gasteiger charge is -2.32. The molecular formula is C13H17N3O. The maximum absolute atomic E-state index is 9.04. The highest BCUT2D eigenvalue weighted by Crippen LogP contribution is 2.25. The van der Waals surface area contributed by atoms with Crippen molar-refractivity contribution in [2.24, 2.45) is 5.92 Å². The number of anilines is 1. The first-order valence-corrected chi connectivity index (χ1v) is 6.06. The fraction of sp³-hybridized carbons (Fsp3) is 0.538. The zero-order valence-electron chi connectivity index (χ0n) is 9.84. The molecule has 0 aromatic carbocycles. The molecule has 17 heavy (non-hydrogen) atoms. The third kappa shape index (κ3) is 2.75. The first-order valence-electron chi connectivity index (χ1n) is 6.06. The molecule has 1 saturated heterocycles. The number of rotatable bonds is 3. The lowest BCUT2D eigenvalue weighted by Crippen LogP contribution is -2.35. The van der Waals surface area contributed by atoms with Crippen molar-refractivity contribution in [2.45, 2.75) is 19.3 Å². The van der Waals surface area contributed by atoms with Gasteiger partial charge in [0.25, 0.3) is 0 Å². The number of aromatic nitrogens is 1. The summed E-state index contributed by atoms with van der Waals surface area (Å²) in [6.07, 6.45) is 4.77. The van der Waals surface area contributed by atoms with Gasteiger partial charge in [0, 0.05) is 25.9 Å². The van der Waals surface area contributed by atoms with E-state index in [9.17, 15) is 0 Å². The van der Waals surface area contributed by atoms with Crippen molar-refractivity contribution in [3.8, 4) is 6.07 Å². The highest BCUT2D eigenvalue weighted by molar-refractivity contribution is 5.53. The van der Waals surface area contributed by atoms with Crippen LogP contribution in [0.3, 0.4) is 0 Å². The number of nitriles is 1. The van der Waals surface area contributed by atoms with Gasteiger partial charge in [0.2, 0.25) is 0 Å². The van der Waals surface area contributed by atoms with Crippen molar-refractivity contribution in [1.29, 1.82) is 5.26 Å². The average molecular weight is 231 g/mol. The average Bonchev–Trinajstić information content (AvgIpc) is 2.40.